The van der Waals surface area contributed by atoms with Crippen molar-refractivity contribution in [3.05, 3.63) is 29.1 Å². The van der Waals surface area contributed by atoms with Gasteiger partial charge in [-0.2, -0.15) is 13.2 Å². The van der Waals surface area contributed by atoms with Crippen LogP contribution in [0.2, 0.25) is 0 Å². The van der Waals surface area contributed by atoms with Crippen LogP contribution in [0.1, 0.15) is 21.7 Å². The Kier molecular flexibility index (Phi) is 3.51. The zero-order valence-corrected chi connectivity index (χ0v) is 8.85. The van der Waals surface area contributed by atoms with E-state index in [9.17, 15) is 18.0 Å². The highest BCUT2D eigenvalue weighted by molar-refractivity contribution is 5.95. The van der Waals surface area contributed by atoms with Crippen LogP contribution in [-0.4, -0.2) is 23.6 Å². The molecular weight excluding hydrogens is 221 g/mol. The Morgan fingerprint density at radius 1 is 1.38 bits per heavy atom. The second-order valence-corrected chi connectivity index (χ2v) is 3.38. The second kappa shape index (κ2) is 4.51. The smallest absolute Gasteiger partial charge is 0.343 e. The van der Waals surface area contributed by atoms with Crippen LogP contribution < -0.4 is 5.32 Å². The average Bonchev–Trinajstić information content (AvgIpc) is 2.13. The van der Waals surface area contributed by atoms with Gasteiger partial charge < -0.3 is 5.32 Å². The average molecular weight is 232 g/mol. The molecule has 0 saturated carbocycles. The van der Waals surface area contributed by atoms with Crippen LogP contribution in [-0.2, 0) is 0 Å². The lowest BCUT2D eigenvalue weighted by atomic mass is 10.2. The number of carbonyl (C=O) groups is 1. The van der Waals surface area contributed by atoms with Crippen molar-refractivity contribution in [3.63, 3.8) is 0 Å². The van der Waals surface area contributed by atoms with Gasteiger partial charge in [-0.15, -0.1) is 0 Å². The van der Waals surface area contributed by atoms with Gasteiger partial charge in [0.15, 0.2) is 0 Å². The van der Waals surface area contributed by atoms with E-state index >= 15 is 0 Å². The fourth-order valence-electron chi connectivity index (χ4n) is 1.20. The molecule has 6 heteroatoms. The van der Waals surface area contributed by atoms with E-state index in [-0.39, 0.29) is 5.56 Å². The number of hydrogen-bond acceptors (Lipinski definition) is 2. The van der Waals surface area contributed by atoms with Crippen LogP contribution in [0.4, 0.5) is 13.2 Å². The van der Waals surface area contributed by atoms with E-state index in [0.717, 1.165) is 0 Å². The fourth-order valence-corrected chi connectivity index (χ4v) is 1.20. The topological polar surface area (TPSA) is 42.0 Å². The van der Waals surface area contributed by atoms with E-state index < -0.39 is 18.6 Å². The number of rotatable bonds is 2. The summed E-state index contributed by atoms with van der Waals surface area (Å²) < 4.78 is 35.6. The van der Waals surface area contributed by atoms with Crippen molar-refractivity contribution in [2.45, 2.75) is 20.0 Å². The molecule has 1 N–H and O–H groups in total. The highest BCUT2D eigenvalue weighted by atomic mass is 19.4. The maximum absolute atomic E-state index is 11.9. The number of nitrogens with zero attached hydrogens (tertiary/aromatic N) is 1. The molecule has 0 aliphatic rings. The minimum absolute atomic E-state index is 0.162. The minimum Gasteiger partial charge on any atom is -0.343 e. The van der Waals surface area contributed by atoms with Gasteiger partial charge in [0.05, 0.1) is 11.3 Å². The third-order valence-electron chi connectivity index (χ3n) is 1.92. The summed E-state index contributed by atoms with van der Waals surface area (Å²) in [6.45, 7) is 1.99. The van der Waals surface area contributed by atoms with Crippen molar-refractivity contribution < 1.29 is 18.0 Å². The molecular formula is C10H11F3N2O. The largest absolute Gasteiger partial charge is 0.405 e. The highest BCUT2D eigenvalue weighted by Crippen LogP contribution is 2.13. The van der Waals surface area contributed by atoms with Gasteiger partial charge in [0.2, 0.25) is 0 Å². The quantitative estimate of drug-likeness (QED) is 0.847. The van der Waals surface area contributed by atoms with Gasteiger partial charge in [-0.1, -0.05) is 0 Å². The van der Waals surface area contributed by atoms with Gasteiger partial charge in [0, 0.05) is 5.69 Å². The van der Waals surface area contributed by atoms with E-state index in [2.05, 4.69) is 4.98 Å². The third kappa shape index (κ3) is 3.52. The van der Waals surface area contributed by atoms with E-state index in [1.54, 1.807) is 25.2 Å². The molecule has 1 heterocycles. The number of pyridine rings is 1. The van der Waals surface area contributed by atoms with Crippen molar-refractivity contribution in [3.8, 4) is 0 Å². The Balaban J connectivity index is 2.74. The zero-order chi connectivity index (χ0) is 12.3. The summed E-state index contributed by atoms with van der Waals surface area (Å²) in [5, 5.41) is 1.80. The molecule has 1 rings (SSSR count). The van der Waals surface area contributed by atoms with Gasteiger partial charge in [0.1, 0.15) is 6.54 Å². The Morgan fingerprint density at radius 2 is 2.00 bits per heavy atom. The summed E-state index contributed by atoms with van der Waals surface area (Å²) in [4.78, 5) is 15.4. The maximum atomic E-state index is 11.9. The summed E-state index contributed by atoms with van der Waals surface area (Å²) >= 11 is 0. The SMILES string of the molecule is Cc1ccc(C(=O)NCC(F)(F)F)c(C)n1. The van der Waals surface area contributed by atoms with Gasteiger partial charge in [-0.25, -0.2) is 0 Å². The molecule has 0 unspecified atom stereocenters. The van der Waals surface area contributed by atoms with Crippen LogP contribution in [0.25, 0.3) is 0 Å². The highest BCUT2D eigenvalue weighted by Gasteiger charge is 2.28. The number of aryl methyl sites for hydroxylation is 2. The van der Waals surface area contributed by atoms with Gasteiger partial charge >= 0.3 is 6.18 Å². The molecule has 0 spiro atoms. The standard InChI is InChI=1S/C10H11F3N2O/c1-6-3-4-8(7(2)15-6)9(16)14-5-10(11,12)13/h3-4H,5H2,1-2H3,(H,14,16). The van der Waals surface area contributed by atoms with Crippen LogP contribution in [0.3, 0.4) is 0 Å². The van der Waals surface area contributed by atoms with Gasteiger partial charge in [0.25, 0.3) is 5.91 Å². The molecule has 16 heavy (non-hydrogen) atoms. The summed E-state index contributed by atoms with van der Waals surface area (Å²) in [6.07, 6.45) is -4.40. The monoisotopic (exact) mass is 232 g/mol. The van der Waals surface area contributed by atoms with E-state index in [4.69, 9.17) is 0 Å². The number of hydrogen-bond donors (Lipinski definition) is 1. The third-order valence-corrected chi connectivity index (χ3v) is 1.92. The van der Waals surface area contributed by atoms with Crippen molar-refractivity contribution >= 4 is 5.91 Å². The molecule has 1 aromatic heterocycles. The first-order valence-corrected chi connectivity index (χ1v) is 4.59. The first kappa shape index (κ1) is 12.5. The normalized spacial score (nSPS) is 11.3. The van der Waals surface area contributed by atoms with Crippen LogP contribution in [0.15, 0.2) is 12.1 Å². The van der Waals surface area contributed by atoms with Crippen molar-refractivity contribution in [1.29, 1.82) is 0 Å². The molecule has 3 nitrogen and oxygen atoms in total. The molecule has 0 aliphatic carbocycles. The molecule has 0 saturated heterocycles. The number of aromatic nitrogens is 1. The lowest BCUT2D eigenvalue weighted by molar-refractivity contribution is -0.123. The Bertz CT molecular complexity index is 402. The van der Waals surface area contributed by atoms with Crippen molar-refractivity contribution in [1.82, 2.24) is 10.3 Å². The van der Waals surface area contributed by atoms with Gasteiger partial charge in [-0.05, 0) is 26.0 Å². The number of alkyl halides is 3. The number of amides is 1. The molecule has 0 fully saturated rings. The van der Waals surface area contributed by atoms with Crippen LogP contribution in [0.5, 0.6) is 0 Å². The molecule has 0 aliphatic heterocycles. The van der Waals surface area contributed by atoms with Crippen molar-refractivity contribution in [2.24, 2.45) is 0 Å². The summed E-state index contributed by atoms with van der Waals surface area (Å²) in [5.74, 6) is -0.762. The number of halogens is 3. The minimum atomic E-state index is -4.40. The van der Waals surface area contributed by atoms with E-state index in [1.165, 1.54) is 6.07 Å². The Labute approximate surface area is 90.7 Å². The van der Waals surface area contributed by atoms with Crippen molar-refractivity contribution in [2.75, 3.05) is 6.54 Å². The van der Waals surface area contributed by atoms with Crippen LogP contribution >= 0.6 is 0 Å². The predicted octanol–water partition coefficient (Wildman–Crippen LogP) is 1.99. The number of carbonyl (C=O) groups excluding carboxylic acids is 1. The Hall–Kier alpha value is -1.59. The first-order chi connectivity index (χ1) is 7.29. The summed E-state index contributed by atoms with van der Waals surface area (Å²) in [7, 11) is 0. The maximum Gasteiger partial charge on any atom is 0.405 e. The second-order valence-electron chi connectivity index (χ2n) is 3.38. The molecule has 88 valence electrons. The van der Waals surface area contributed by atoms with E-state index in [0.29, 0.717) is 11.4 Å². The molecule has 0 atom stereocenters. The summed E-state index contributed by atoms with van der Waals surface area (Å²) in [6, 6.07) is 3.04. The molecule has 1 aromatic rings. The lowest BCUT2D eigenvalue weighted by Gasteiger charge is -2.09. The van der Waals surface area contributed by atoms with Crippen LogP contribution in [0, 0.1) is 13.8 Å². The zero-order valence-electron chi connectivity index (χ0n) is 8.85. The number of nitrogens with one attached hydrogen (secondary N) is 1. The van der Waals surface area contributed by atoms with E-state index in [1.807, 2.05) is 0 Å². The fraction of sp³-hybridized carbons (Fsp3) is 0.400. The molecule has 1 amide bonds. The lowest BCUT2D eigenvalue weighted by Crippen LogP contribution is -2.34. The first-order valence-electron chi connectivity index (χ1n) is 4.59. The predicted molar refractivity (Wildman–Crippen MR) is 52.1 cm³/mol. The Morgan fingerprint density at radius 3 is 2.50 bits per heavy atom. The molecule has 0 bridgehead atoms. The molecule has 0 radical (unpaired) electrons. The van der Waals surface area contributed by atoms with Gasteiger partial charge in [-0.3, -0.25) is 9.78 Å². The summed E-state index contributed by atoms with van der Waals surface area (Å²) in [5.41, 5.74) is 1.29. The molecule has 0 aromatic carbocycles.